The molecule has 0 heterocycles. The number of anilines is 1. The fourth-order valence-corrected chi connectivity index (χ4v) is 2.53. The third-order valence-corrected chi connectivity index (χ3v) is 3.56. The molecule has 0 saturated heterocycles. The Balaban J connectivity index is 2.21. The Morgan fingerprint density at radius 1 is 0.950 bits per heavy atom. The normalized spacial score (nSPS) is 23.7. The Hall–Kier alpha value is -1.40. The second-order valence-electron chi connectivity index (χ2n) is 4.91. The number of nitrogens with one attached hydrogen (secondary N) is 1. The van der Waals surface area contributed by atoms with E-state index in [0.717, 1.165) is 6.07 Å². The van der Waals surface area contributed by atoms with Crippen molar-refractivity contribution in [2.24, 2.45) is 5.92 Å². The third-order valence-electron chi connectivity index (χ3n) is 3.56. The van der Waals surface area contributed by atoms with Gasteiger partial charge in [-0.2, -0.15) is 13.2 Å². The van der Waals surface area contributed by atoms with Gasteiger partial charge in [0.15, 0.2) is 17.5 Å². The molecule has 1 aliphatic rings. The highest BCUT2D eigenvalue weighted by Crippen LogP contribution is 2.39. The molecule has 1 nitrogen and oxygen atoms in total. The third kappa shape index (κ3) is 3.02. The molecule has 1 saturated carbocycles. The van der Waals surface area contributed by atoms with Gasteiger partial charge in [-0.25, -0.2) is 13.2 Å². The zero-order valence-electron chi connectivity index (χ0n) is 10.4. The van der Waals surface area contributed by atoms with Crippen LogP contribution in [0.4, 0.5) is 32.0 Å². The summed E-state index contributed by atoms with van der Waals surface area (Å²) in [4.78, 5) is 0. The summed E-state index contributed by atoms with van der Waals surface area (Å²) in [6.45, 7) is 0. The van der Waals surface area contributed by atoms with Gasteiger partial charge in [0.1, 0.15) is 0 Å². The van der Waals surface area contributed by atoms with Crippen LogP contribution in [0.1, 0.15) is 25.7 Å². The van der Waals surface area contributed by atoms with Crippen LogP contribution in [0.5, 0.6) is 0 Å². The molecule has 0 amide bonds. The van der Waals surface area contributed by atoms with Crippen LogP contribution in [0.2, 0.25) is 0 Å². The first-order valence-corrected chi connectivity index (χ1v) is 6.27. The van der Waals surface area contributed by atoms with Gasteiger partial charge in [0.25, 0.3) is 0 Å². The Morgan fingerprint density at radius 2 is 1.60 bits per heavy atom. The molecule has 0 radical (unpaired) electrons. The number of hydrogen-bond acceptors (Lipinski definition) is 1. The van der Waals surface area contributed by atoms with E-state index in [1.54, 1.807) is 0 Å². The van der Waals surface area contributed by atoms with Crippen LogP contribution in [-0.2, 0) is 0 Å². The number of benzene rings is 1. The first-order valence-electron chi connectivity index (χ1n) is 6.27. The molecule has 20 heavy (non-hydrogen) atoms. The van der Waals surface area contributed by atoms with Gasteiger partial charge >= 0.3 is 6.18 Å². The summed E-state index contributed by atoms with van der Waals surface area (Å²) in [7, 11) is 0. The van der Waals surface area contributed by atoms with Gasteiger partial charge in [-0.3, -0.25) is 0 Å². The molecule has 2 unspecified atom stereocenters. The smallest absolute Gasteiger partial charge is 0.379 e. The topological polar surface area (TPSA) is 12.0 Å². The highest BCUT2D eigenvalue weighted by atomic mass is 19.4. The Labute approximate surface area is 112 Å². The standard InChI is InChI=1S/C13H13F6N/c14-8-5-6-10(12(16)11(8)15)20-9-4-2-1-3-7(9)13(17,18)19/h5-7,9,20H,1-4H2. The fraction of sp³-hybridized carbons (Fsp3) is 0.538. The molecule has 2 atom stereocenters. The zero-order chi connectivity index (χ0) is 14.9. The molecule has 0 spiro atoms. The maximum Gasteiger partial charge on any atom is 0.393 e. The summed E-state index contributed by atoms with van der Waals surface area (Å²) in [5.74, 6) is -6.15. The molecule has 1 N–H and O–H groups in total. The summed E-state index contributed by atoms with van der Waals surface area (Å²) in [6.07, 6.45) is -3.21. The van der Waals surface area contributed by atoms with Gasteiger partial charge in [-0.1, -0.05) is 12.8 Å². The van der Waals surface area contributed by atoms with Crippen LogP contribution in [0.15, 0.2) is 12.1 Å². The summed E-state index contributed by atoms with van der Waals surface area (Å²) in [5, 5.41) is 2.37. The minimum atomic E-state index is -4.40. The van der Waals surface area contributed by atoms with Gasteiger partial charge in [0.05, 0.1) is 11.6 Å². The van der Waals surface area contributed by atoms with E-state index in [9.17, 15) is 26.3 Å². The van der Waals surface area contributed by atoms with E-state index in [2.05, 4.69) is 5.32 Å². The predicted octanol–water partition coefficient (Wildman–Crippen LogP) is 4.64. The lowest BCUT2D eigenvalue weighted by Gasteiger charge is -2.34. The monoisotopic (exact) mass is 297 g/mol. The Morgan fingerprint density at radius 3 is 2.25 bits per heavy atom. The van der Waals surface area contributed by atoms with E-state index >= 15 is 0 Å². The quantitative estimate of drug-likeness (QED) is 0.619. The van der Waals surface area contributed by atoms with Crippen molar-refractivity contribution < 1.29 is 26.3 Å². The highest BCUT2D eigenvalue weighted by molar-refractivity contribution is 5.46. The van der Waals surface area contributed by atoms with Crippen molar-refractivity contribution >= 4 is 5.69 Å². The van der Waals surface area contributed by atoms with Gasteiger partial charge in [0.2, 0.25) is 0 Å². The lowest BCUT2D eigenvalue weighted by molar-refractivity contribution is -0.184. The molecule has 1 aromatic carbocycles. The number of rotatable bonds is 2. The SMILES string of the molecule is Fc1ccc(NC2CCCCC2C(F)(F)F)c(F)c1F. The zero-order valence-corrected chi connectivity index (χ0v) is 10.4. The second-order valence-corrected chi connectivity index (χ2v) is 4.91. The molecule has 112 valence electrons. The summed E-state index contributed by atoms with van der Waals surface area (Å²) in [5.41, 5.74) is -0.440. The Bertz CT molecular complexity index is 484. The minimum Gasteiger partial charge on any atom is -0.379 e. The van der Waals surface area contributed by atoms with Crippen LogP contribution < -0.4 is 5.32 Å². The summed E-state index contributed by atoms with van der Waals surface area (Å²) in [6, 6.07) is 0.574. The van der Waals surface area contributed by atoms with Crippen molar-refractivity contribution in [3.05, 3.63) is 29.6 Å². The first-order chi connectivity index (χ1) is 9.30. The second kappa shape index (κ2) is 5.54. The molecular weight excluding hydrogens is 284 g/mol. The maximum atomic E-state index is 13.5. The molecule has 0 aromatic heterocycles. The van der Waals surface area contributed by atoms with Gasteiger partial charge in [0, 0.05) is 6.04 Å². The molecule has 7 heteroatoms. The summed E-state index contributed by atoms with van der Waals surface area (Å²) < 4.78 is 77.9. The highest BCUT2D eigenvalue weighted by Gasteiger charge is 2.45. The van der Waals surface area contributed by atoms with Crippen molar-refractivity contribution in [3.63, 3.8) is 0 Å². The largest absolute Gasteiger partial charge is 0.393 e. The predicted molar refractivity (Wildman–Crippen MR) is 61.7 cm³/mol. The number of hydrogen-bond donors (Lipinski definition) is 1. The molecule has 1 aliphatic carbocycles. The fourth-order valence-electron chi connectivity index (χ4n) is 2.53. The molecule has 0 bridgehead atoms. The van der Waals surface area contributed by atoms with E-state index in [-0.39, 0.29) is 12.8 Å². The van der Waals surface area contributed by atoms with Crippen LogP contribution in [0.3, 0.4) is 0 Å². The maximum absolute atomic E-state index is 13.5. The van der Waals surface area contributed by atoms with Crippen molar-refractivity contribution in [2.75, 3.05) is 5.32 Å². The van der Waals surface area contributed by atoms with Crippen molar-refractivity contribution in [3.8, 4) is 0 Å². The first kappa shape index (κ1) is 15.0. The van der Waals surface area contributed by atoms with Gasteiger partial charge < -0.3 is 5.32 Å². The molecule has 1 fully saturated rings. The Kier molecular flexibility index (Phi) is 4.15. The van der Waals surface area contributed by atoms with E-state index in [0.29, 0.717) is 18.9 Å². The van der Waals surface area contributed by atoms with Crippen LogP contribution in [-0.4, -0.2) is 12.2 Å². The molecular formula is C13H13F6N. The number of alkyl halides is 3. The molecule has 0 aliphatic heterocycles. The van der Waals surface area contributed by atoms with Crippen LogP contribution >= 0.6 is 0 Å². The number of halogens is 6. The van der Waals surface area contributed by atoms with Crippen LogP contribution in [0, 0.1) is 23.4 Å². The van der Waals surface area contributed by atoms with Crippen molar-refractivity contribution in [1.29, 1.82) is 0 Å². The average molecular weight is 297 g/mol. The van der Waals surface area contributed by atoms with Gasteiger partial charge in [-0.05, 0) is 25.0 Å². The van der Waals surface area contributed by atoms with Crippen molar-refractivity contribution in [1.82, 2.24) is 0 Å². The van der Waals surface area contributed by atoms with Crippen LogP contribution in [0.25, 0.3) is 0 Å². The molecule has 2 rings (SSSR count). The van der Waals surface area contributed by atoms with E-state index in [1.165, 1.54) is 0 Å². The van der Waals surface area contributed by atoms with Gasteiger partial charge in [-0.15, -0.1) is 0 Å². The minimum absolute atomic E-state index is 0.0491. The van der Waals surface area contributed by atoms with Crippen molar-refractivity contribution in [2.45, 2.75) is 37.9 Å². The molecule has 1 aromatic rings. The van der Waals surface area contributed by atoms with E-state index < -0.39 is 41.3 Å². The average Bonchev–Trinajstić information content (AvgIpc) is 2.39. The lowest BCUT2D eigenvalue weighted by atomic mass is 9.84. The lowest BCUT2D eigenvalue weighted by Crippen LogP contribution is -2.41. The summed E-state index contributed by atoms with van der Waals surface area (Å²) >= 11 is 0. The van der Waals surface area contributed by atoms with E-state index in [1.807, 2.05) is 0 Å². The van der Waals surface area contributed by atoms with E-state index in [4.69, 9.17) is 0 Å².